The van der Waals surface area contributed by atoms with E-state index in [2.05, 4.69) is 31.0 Å². The first-order chi connectivity index (χ1) is 16.0. The number of hydrogen-bond acceptors (Lipinski definition) is 6. The summed E-state index contributed by atoms with van der Waals surface area (Å²) in [5.41, 5.74) is 4.52. The van der Waals surface area contributed by atoms with Crippen molar-refractivity contribution in [2.24, 2.45) is 0 Å². The highest BCUT2D eigenvalue weighted by Gasteiger charge is 2.24. The topological polar surface area (TPSA) is 64.5 Å². The van der Waals surface area contributed by atoms with E-state index >= 15 is 0 Å². The number of carbonyl (C=O) groups is 1. The Morgan fingerprint density at radius 2 is 1.79 bits per heavy atom. The zero-order valence-electron chi connectivity index (χ0n) is 19.3. The van der Waals surface area contributed by atoms with Gasteiger partial charge < -0.3 is 9.47 Å². The second kappa shape index (κ2) is 10.0. The maximum Gasteiger partial charge on any atom is 0.260 e. The average molecular weight is 462 g/mol. The number of anilines is 1. The van der Waals surface area contributed by atoms with E-state index in [4.69, 9.17) is 14.5 Å². The third-order valence-corrected chi connectivity index (χ3v) is 6.43. The lowest BCUT2D eigenvalue weighted by atomic mass is 10.1. The van der Waals surface area contributed by atoms with E-state index < -0.39 is 0 Å². The molecule has 0 atom stereocenters. The van der Waals surface area contributed by atoms with Crippen molar-refractivity contribution < 1.29 is 14.3 Å². The van der Waals surface area contributed by atoms with Gasteiger partial charge in [-0.25, -0.2) is 4.98 Å². The van der Waals surface area contributed by atoms with Gasteiger partial charge in [0.1, 0.15) is 0 Å². The molecule has 0 aliphatic heterocycles. The number of benzene rings is 2. The average Bonchev–Trinajstić information content (AvgIpc) is 3.26. The number of fused-ring (bicyclic) bond motifs is 1. The van der Waals surface area contributed by atoms with Gasteiger partial charge in [-0.05, 0) is 75.2 Å². The molecule has 2 heterocycles. The molecule has 0 saturated carbocycles. The van der Waals surface area contributed by atoms with Gasteiger partial charge in [0.05, 0.1) is 35.7 Å². The number of pyridine rings is 1. The molecule has 170 valence electrons. The van der Waals surface area contributed by atoms with Crippen LogP contribution >= 0.6 is 11.3 Å². The number of ether oxygens (including phenoxy) is 2. The van der Waals surface area contributed by atoms with E-state index in [0.717, 1.165) is 21.5 Å². The number of amides is 1. The quantitative estimate of drug-likeness (QED) is 0.324. The van der Waals surface area contributed by atoms with Gasteiger partial charge in [-0.2, -0.15) is 0 Å². The Kier molecular flexibility index (Phi) is 6.89. The van der Waals surface area contributed by atoms with Gasteiger partial charge in [0.15, 0.2) is 16.6 Å². The smallest absolute Gasteiger partial charge is 0.260 e. The molecule has 1 amide bonds. The lowest BCUT2D eigenvalue weighted by Gasteiger charge is -2.20. The van der Waals surface area contributed by atoms with Crippen molar-refractivity contribution in [3.05, 3.63) is 77.1 Å². The van der Waals surface area contributed by atoms with Crippen LogP contribution in [0.25, 0.3) is 10.2 Å². The van der Waals surface area contributed by atoms with Crippen LogP contribution in [0.15, 0.2) is 54.7 Å². The number of thiazole rings is 1. The lowest BCUT2D eigenvalue weighted by molar-refractivity contribution is 0.0984. The largest absolute Gasteiger partial charge is 0.490 e. The molecular formula is C26H27N3O3S. The summed E-state index contributed by atoms with van der Waals surface area (Å²) in [7, 11) is 0. The minimum Gasteiger partial charge on any atom is -0.490 e. The third kappa shape index (κ3) is 4.83. The van der Waals surface area contributed by atoms with Crippen molar-refractivity contribution in [1.29, 1.82) is 0 Å². The van der Waals surface area contributed by atoms with Gasteiger partial charge in [-0.3, -0.25) is 14.7 Å². The van der Waals surface area contributed by atoms with Gasteiger partial charge in [-0.1, -0.05) is 23.5 Å². The number of nitrogens with zero attached hydrogens (tertiary/aromatic N) is 3. The highest BCUT2D eigenvalue weighted by Crippen LogP contribution is 2.34. The number of carbonyl (C=O) groups excluding carboxylic acids is 1. The van der Waals surface area contributed by atoms with Crippen LogP contribution in [0, 0.1) is 13.8 Å². The van der Waals surface area contributed by atoms with Gasteiger partial charge in [0, 0.05) is 11.8 Å². The van der Waals surface area contributed by atoms with Crippen LogP contribution in [0.4, 0.5) is 5.13 Å². The molecule has 0 aliphatic rings. The predicted octanol–water partition coefficient (Wildman–Crippen LogP) is 5.95. The van der Waals surface area contributed by atoms with Crippen LogP contribution in [-0.2, 0) is 6.54 Å². The Morgan fingerprint density at radius 3 is 2.52 bits per heavy atom. The number of aryl methyl sites for hydroxylation is 2. The first-order valence-corrected chi connectivity index (χ1v) is 11.8. The Morgan fingerprint density at radius 1 is 1.00 bits per heavy atom. The van der Waals surface area contributed by atoms with Crippen LogP contribution in [0.1, 0.15) is 41.0 Å². The molecule has 0 aliphatic carbocycles. The normalized spacial score (nSPS) is 10.9. The SMILES string of the molecule is CCOc1ccc(C(=O)N(Cc2ccccn2)c2nc3c(C)c(C)ccc3s2)cc1OCC. The molecule has 0 bridgehead atoms. The molecule has 0 unspecified atom stereocenters. The number of hydrogen-bond donors (Lipinski definition) is 0. The molecule has 0 saturated heterocycles. The van der Waals surface area contributed by atoms with Crippen LogP contribution in [0.3, 0.4) is 0 Å². The Labute approximate surface area is 197 Å². The molecule has 0 fully saturated rings. The second-order valence-corrected chi connectivity index (χ2v) is 8.60. The molecule has 4 aromatic rings. The Hall–Kier alpha value is -3.45. The summed E-state index contributed by atoms with van der Waals surface area (Å²) in [5.74, 6) is 1.01. The van der Waals surface area contributed by atoms with E-state index in [1.54, 1.807) is 29.3 Å². The van der Waals surface area contributed by atoms with Crippen LogP contribution in [0.2, 0.25) is 0 Å². The first kappa shape index (κ1) is 22.7. The van der Waals surface area contributed by atoms with Crippen LogP contribution in [-0.4, -0.2) is 29.1 Å². The van der Waals surface area contributed by atoms with Gasteiger partial charge in [0.25, 0.3) is 5.91 Å². The summed E-state index contributed by atoms with van der Waals surface area (Å²) in [6.45, 7) is 9.26. The fraction of sp³-hybridized carbons (Fsp3) is 0.269. The maximum atomic E-state index is 13.8. The van der Waals surface area contributed by atoms with E-state index in [1.165, 1.54) is 16.9 Å². The van der Waals surface area contributed by atoms with Gasteiger partial charge in [0.2, 0.25) is 0 Å². The summed E-state index contributed by atoms with van der Waals surface area (Å²) in [5, 5.41) is 0.640. The maximum absolute atomic E-state index is 13.8. The minimum atomic E-state index is -0.168. The van der Waals surface area contributed by atoms with Crippen LogP contribution in [0.5, 0.6) is 11.5 Å². The third-order valence-electron chi connectivity index (χ3n) is 5.39. The molecule has 0 radical (unpaired) electrons. The van der Waals surface area contributed by atoms with Crippen molar-refractivity contribution in [1.82, 2.24) is 9.97 Å². The Balaban J connectivity index is 1.77. The standard InChI is InChI=1S/C26H27N3O3S/c1-5-31-21-12-11-19(15-22(21)32-6-2)25(30)29(16-20-9-7-8-14-27-20)26-28-24-18(4)17(3)10-13-23(24)33-26/h7-15H,5-6,16H2,1-4H3. The fourth-order valence-electron chi connectivity index (χ4n) is 3.55. The molecule has 7 heteroatoms. The zero-order chi connectivity index (χ0) is 23.4. The van der Waals surface area contributed by atoms with Crippen molar-refractivity contribution in [3.8, 4) is 11.5 Å². The molecular weight excluding hydrogens is 434 g/mol. The van der Waals surface area contributed by atoms with E-state index in [9.17, 15) is 4.79 Å². The molecule has 0 N–H and O–H groups in total. The minimum absolute atomic E-state index is 0.168. The second-order valence-electron chi connectivity index (χ2n) is 7.59. The molecule has 33 heavy (non-hydrogen) atoms. The molecule has 2 aromatic carbocycles. The van der Waals surface area contributed by atoms with Crippen molar-refractivity contribution in [3.63, 3.8) is 0 Å². The summed E-state index contributed by atoms with van der Waals surface area (Å²) >= 11 is 1.51. The van der Waals surface area contributed by atoms with Crippen LogP contribution < -0.4 is 14.4 Å². The van der Waals surface area contributed by atoms with E-state index in [0.29, 0.717) is 42.0 Å². The number of rotatable bonds is 8. The molecule has 0 spiro atoms. The molecule has 6 nitrogen and oxygen atoms in total. The zero-order valence-corrected chi connectivity index (χ0v) is 20.1. The van der Waals surface area contributed by atoms with Gasteiger partial charge >= 0.3 is 0 Å². The number of aromatic nitrogens is 2. The van der Waals surface area contributed by atoms with Gasteiger partial charge in [-0.15, -0.1) is 0 Å². The fourth-order valence-corrected chi connectivity index (χ4v) is 4.57. The monoisotopic (exact) mass is 461 g/mol. The summed E-state index contributed by atoms with van der Waals surface area (Å²) in [4.78, 5) is 24.8. The first-order valence-electron chi connectivity index (χ1n) is 11.0. The van der Waals surface area contributed by atoms with Crippen molar-refractivity contribution in [2.75, 3.05) is 18.1 Å². The van der Waals surface area contributed by atoms with Crippen molar-refractivity contribution >= 4 is 32.6 Å². The lowest BCUT2D eigenvalue weighted by Crippen LogP contribution is -2.30. The molecule has 2 aromatic heterocycles. The summed E-state index contributed by atoms with van der Waals surface area (Å²) < 4.78 is 12.4. The Bertz CT molecular complexity index is 1270. The van der Waals surface area contributed by atoms with E-state index in [1.807, 2.05) is 32.0 Å². The highest BCUT2D eigenvalue weighted by molar-refractivity contribution is 7.22. The summed E-state index contributed by atoms with van der Waals surface area (Å²) in [6, 6.07) is 15.1. The summed E-state index contributed by atoms with van der Waals surface area (Å²) in [6.07, 6.45) is 1.73. The van der Waals surface area contributed by atoms with E-state index in [-0.39, 0.29) is 5.91 Å². The highest BCUT2D eigenvalue weighted by atomic mass is 32.1. The predicted molar refractivity (Wildman–Crippen MR) is 133 cm³/mol. The van der Waals surface area contributed by atoms with Crippen molar-refractivity contribution in [2.45, 2.75) is 34.2 Å². The molecule has 4 rings (SSSR count).